The molecule has 2 aliphatic heterocycles. The van der Waals surface area contributed by atoms with Gasteiger partial charge in [-0.25, -0.2) is 9.67 Å². The number of rotatable bonds is 5. The molecule has 2 aromatic rings. The van der Waals surface area contributed by atoms with E-state index in [0.29, 0.717) is 6.04 Å². The van der Waals surface area contributed by atoms with Gasteiger partial charge in [0, 0.05) is 44.0 Å². The van der Waals surface area contributed by atoms with Gasteiger partial charge in [-0.2, -0.15) is 5.10 Å². The summed E-state index contributed by atoms with van der Waals surface area (Å²) in [5.41, 5.74) is 4.06. The first kappa shape index (κ1) is 17.9. The van der Waals surface area contributed by atoms with E-state index in [1.807, 2.05) is 17.1 Å². The molecule has 150 valence electrons. The molecule has 0 atom stereocenters. The second-order valence-electron chi connectivity index (χ2n) is 8.38. The topological polar surface area (TPSA) is 73.6 Å². The summed E-state index contributed by atoms with van der Waals surface area (Å²) in [6.07, 6.45) is 12.5. The summed E-state index contributed by atoms with van der Waals surface area (Å²) < 4.78 is 7.54. The molecule has 1 saturated carbocycles. The van der Waals surface area contributed by atoms with Crippen LogP contribution >= 0.6 is 0 Å². The van der Waals surface area contributed by atoms with Gasteiger partial charge in [0.2, 0.25) is 0 Å². The number of nitrogens with zero attached hydrogens (tertiary/aromatic N) is 4. The van der Waals surface area contributed by atoms with Crippen molar-refractivity contribution in [1.29, 1.82) is 0 Å². The Morgan fingerprint density at radius 1 is 1.21 bits per heavy atom. The lowest BCUT2D eigenvalue weighted by Crippen LogP contribution is -2.29. The lowest BCUT2D eigenvalue weighted by molar-refractivity contribution is -0.0126. The van der Waals surface area contributed by atoms with Gasteiger partial charge < -0.3 is 14.9 Å². The molecule has 0 aromatic carbocycles. The first-order valence-electron chi connectivity index (χ1n) is 10.7. The van der Waals surface area contributed by atoms with Crippen molar-refractivity contribution in [2.75, 3.05) is 18.5 Å². The Balaban J connectivity index is 1.53. The van der Waals surface area contributed by atoms with Gasteiger partial charge in [-0.1, -0.05) is 12.1 Å². The van der Waals surface area contributed by atoms with Crippen molar-refractivity contribution in [3.8, 4) is 0 Å². The van der Waals surface area contributed by atoms with Gasteiger partial charge in [-0.05, 0) is 44.9 Å². The molecule has 28 heavy (non-hydrogen) atoms. The van der Waals surface area contributed by atoms with Crippen LogP contribution in [0, 0.1) is 0 Å². The predicted octanol–water partition coefficient (Wildman–Crippen LogP) is 3.87. The second kappa shape index (κ2) is 7.35. The van der Waals surface area contributed by atoms with Crippen LogP contribution in [-0.2, 0) is 16.1 Å². The van der Waals surface area contributed by atoms with Crippen LogP contribution in [0.5, 0.6) is 0 Å². The molecule has 1 aliphatic carbocycles. The van der Waals surface area contributed by atoms with Crippen molar-refractivity contribution in [3.63, 3.8) is 0 Å². The van der Waals surface area contributed by atoms with Crippen LogP contribution in [0.2, 0.25) is 0 Å². The average Bonchev–Trinajstić information content (AvgIpc) is 3.45. The standard InChI is InChI=1S/C21H29N5O2/c1-2-9-26-20-17(14-23-26)19(24-15-5-10-27-11-6-15)16(13-22-20)18-12-21(28-25-18)7-3-4-8-21/h13-15H,2-12H2,1H3,(H,22,24). The number of fused-ring (bicyclic) bond motifs is 1. The fourth-order valence-corrected chi connectivity index (χ4v) is 4.78. The van der Waals surface area contributed by atoms with E-state index in [0.717, 1.165) is 86.3 Å². The zero-order chi connectivity index (χ0) is 19.0. The monoisotopic (exact) mass is 383 g/mol. The number of oxime groups is 1. The summed E-state index contributed by atoms with van der Waals surface area (Å²) in [5, 5.41) is 14.0. The Morgan fingerprint density at radius 2 is 2.04 bits per heavy atom. The van der Waals surface area contributed by atoms with Crippen LogP contribution in [0.25, 0.3) is 11.0 Å². The van der Waals surface area contributed by atoms with E-state index in [-0.39, 0.29) is 5.60 Å². The van der Waals surface area contributed by atoms with E-state index >= 15 is 0 Å². The van der Waals surface area contributed by atoms with E-state index in [9.17, 15) is 0 Å². The molecule has 4 heterocycles. The van der Waals surface area contributed by atoms with Crippen molar-refractivity contribution in [2.45, 2.75) is 76.5 Å². The maximum absolute atomic E-state index is 5.96. The molecule has 2 aromatic heterocycles. The molecule has 5 rings (SSSR count). The van der Waals surface area contributed by atoms with Crippen molar-refractivity contribution in [1.82, 2.24) is 14.8 Å². The number of hydrogen-bond acceptors (Lipinski definition) is 6. The first-order chi connectivity index (χ1) is 13.8. The first-order valence-corrected chi connectivity index (χ1v) is 10.7. The summed E-state index contributed by atoms with van der Waals surface area (Å²) in [4.78, 5) is 10.7. The summed E-state index contributed by atoms with van der Waals surface area (Å²) in [6, 6.07) is 0.399. The molecule has 1 saturated heterocycles. The maximum Gasteiger partial charge on any atom is 0.159 e. The number of ether oxygens (including phenoxy) is 1. The van der Waals surface area contributed by atoms with Gasteiger partial charge in [-0.3, -0.25) is 0 Å². The number of aromatic nitrogens is 3. The fourth-order valence-electron chi connectivity index (χ4n) is 4.78. The van der Waals surface area contributed by atoms with Crippen LogP contribution < -0.4 is 5.32 Å². The molecule has 0 bridgehead atoms. The molecular formula is C21H29N5O2. The Hall–Kier alpha value is -2.15. The smallest absolute Gasteiger partial charge is 0.159 e. The number of hydrogen-bond donors (Lipinski definition) is 1. The number of anilines is 1. The van der Waals surface area contributed by atoms with E-state index in [4.69, 9.17) is 14.6 Å². The van der Waals surface area contributed by atoms with Crippen molar-refractivity contribution >= 4 is 22.4 Å². The zero-order valence-electron chi connectivity index (χ0n) is 16.6. The molecule has 7 heteroatoms. The summed E-state index contributed by atoms with van der Waals surface area (Å²) >= 11 is 0. The third-order valence-electron chi connectivity index (χ3n) is 6.34. The predicted molar refractivity (Wildman–Crippen MR) is 109 cm³/mol. The van der Waals surface area contributed by atoms with Crippen LogP contribution in [0.4, 0.5) is 5.69 Å². The van der Waals surface area contributed by atoms with Crippen LogP contribution in [-0.4, -0.2) is 45.3 Å². The highest BCUT2D eigenvalue weighted by molar-refractivity contribution is 6.10. The minimum Gasteiger partial charge on any atom is -0.389 e. The molecule has 1 N–H and O–H groups in total. The van der Waals surface area contributed by atoms with Gasteiger partial charge in [0.25, 0.3) is 0 Å². The van der Waals surface area contributed by atoms with Gasteiger partial charge >= 0.3 is 0 Å². The molecule has 2 fully saturated rings. The largest absolute Gasteiger partial charge is 0.389 e. The van der Waals surface area contributed by atoms with E-state index in [1.165, 1.54) is 12.8 Å². The number of nitrogens with one attached hydrogen (secondary N) is 1. The fraction of sp³-hybridized carbons (Fsp3) is 0.667. The molecular weight excluding hydrogens is 354 g/mol. The average molecular weight is 383 g/mol. The normalized spacial score (nSPS) is 22.0. The SMILES string of the molecule is CCCn1ncc2c(NC3CCOCC3)c(C3=NOC4(CCCC4)C3)cnc21. The Labute approximate surface area is 165 Å². The lowest BCUT2D eigenvalue weighted by Gasteiger charge is -2.26. The summed E-state index contributed by atoms with van der Waals surface area (Å²) in [5.74, 6) is 0. The van der Waals surface area contributed by atoms with E-state index in [2.05, 4.69) is 22.5 Å². The van der Waals surface area contributed by atoms with Crippen LogP contribution in [0.3, 0.4) is 0 Å². The Morgan fingerprint density at radius 3 is 2.82 bits per heavy atom. The molecule has 0 radical (unpaired) electrons. The van der Waals surface area contributed by atoms with Crippen molar-refractivity contribution in [2.24, 2.45) is 5.16 Å². The van der Waals surface area contributed by atoms with Crippen molar-refractivity contribution < 1.29 is 9.57 Å². The van der Waals surface area contributed by atoms with Crippen LogP contribution in [0.1, 0.15) is 63.9 Å². The number of pyridine rings is 1. The van der Waals surface area contributed by atoms with Gasteiger partial charge in [0.05, 0.1) is 23.0 Å². The summed E-state index contributed by atoms with van der Waals surface area (Å²) in [7, 11) is 0. The summed E-state index contributed by atoms with van der Waals surface area (Å²) in [6.45, 7) is 4.65. The van der Waals surface area contributed by atoms with Gasteiger partial charge in [-0.15, -0.1) is 0 Å². The van der Waals surface area contributed by atoms with Crippen molar-refractivity contribution in [3.05, 3.63) is 18.0 Å². The molecule has 0 amide bonds. The zero-order valence-corrected chi connectivity index (χ0v) is 16.6. The van der Waals surface area contributed by atoms with E-state index < -0.39 is 0 Å². The molecule has 7 nitrogen and oxygen atoms in total. The lowest BCUT2D eigenvalue weighted by atomic mass is 9.92. The third kappa shape index (κ3) is 3.15. The minimum absolute atomic E-state index is 0.0768. The Bertz CT molecular complexity index is 878. The Kier molecular flexibility index (Phi) is 4.70. The maximum atomic E-state index is 5.96. The van der Waals surface area contributed by atoms with Gasteiger partial charge in [0.1, 0.15) is 5.60 Å². The number of aryl methyl sites for hydroxylation is 1. The second-order valence-corrected chi connectivity index (χ2v) is 8.38. The molecule has 0 unspecified atom stereocenters. The van der Waals surface area contributed by atoms with Gasteiger partial charge in [0.15, 0.2) is 5.65 Å². The highest BCUT2D eigenvalue weighted by Crippen LogP contribution is 2.42. The highest BCUT2D eigenvalue weighted by atomic mass is 16.7. The molecule has 1 spiro atoms. The quantitative estimate of drug-likeness (QED) is 0.848. The highest BCUT2D eigenvalue weighted by Gasteiger charge is 2.42. The third-order valence-corrected chi connectivity index (χ3v) is 6.34. The van der Waals surface area contributed by atoms with Crippen LogP contribution in [0.15, 0.2) is 17.5 Å². The van der Waals surface area contributed by atoms with E-state index in [1.54, 1.807) is 0 Å². The minimum atomic E-state index is -0.0768. The molecule has 3 aliphatic rings.